The van der Waals surface area contributed by atoms with Gasteiger partial charge in [-0.15, -0.1) is 10.2 Å². The zero-order valence-electron chi connectivity index (χ0n) is 14.1. The molecular weight excluding hydrogens is 304 g/mol. The monoisotopic (exact) mass is 328 g/mol. The fourth-order valence-electron chi connectivity index (χ4n) is 3.69. The highest BCUT2D eigenvalue weighted by molar-refractivity contribution is 5.80. The molecule has 1 atom stereocenters. The standard InChI is InChI=1S/C17H24N6O/c1-20-9-11-21(12-10-20)16(24)14-5-4-7-22(13-14)17-19-18-15-6-2-3-8-23(15)17/h2-3,6,8,14H,4-5,7,9-13H2,1H3/t14-/m1/s1. The number of piperazine rings is 1. The number of amides is 1. The average molecular weight is 328 g/mol. The Bertz CT molecular complexity index is 721. The van der Waals surface area contributed by atoms with E-state index in [0.29, 0.717) is 5.91 Å². The van der Waals surface area contributed by atoms with Gasteiger partial charge < -0.3 is 14.7 Å². The third kappa shape index (κ3) is 2.84. The van der Waals surface area contributed by atoms with Gasteiger partial charge in [-0.3, -0.25) is 9.20 Å². The molecule has 4 rings (SSSR count). The van der Waals surface area contributed by atoms with E-state index in [4.69, 9.17) is 0 Å². The molecule has 2 aliphatic rings. The first-order chi connectivity index (χ1) is 11.7. The summed E-state index contributed by atoms with van der Waals surface area (Å²) >= 11 is 0. The molecule has 0 aromatic carbocycles. The van der Waals surface area contributed by atoms with Crippen molar-refractivity contribution < 1.29 is 4.79 Å². The van der Waals surface area contributed by atoms with Gasteiger partial charge in [0.25, 0.3) is 0 Å². The van der Waals surface area contributed by atoms with Crippen LogP contribution in [0.2, 0.25) is 0 Å². The maximum absolute atomic E-state index is 12.9. The largest absolute Gasteiger partial charge is 0.340 e. The molecule has 0 N–H and O–H groups in total. The fourth-order valence-corrected chi connectivity index (χ4v) is 3.69. The Morgan fingerprint density at radius 3 is 2.79 bits per heavy atom. The van der Waals surface area contributed by atoms with Gasteiger partial charge in [0.2, 0.25) is 11.9 Å². The van der Waals surface area contributed by atoms with Crippen LogP contribution in [0.5, 0.6) is 0 Å². The molecule has 7 nitrogen and oxygen atoms in total. The number of pyridine rings is 1. The molecule has 7 heteroatoms. The van der Waals surface area contributed by atoms with Crippen molar-refractivity contribution in [1.29, 1.82) is 0 Å². The van der Waals surface area contributed by atoms with Crippen molar-refractivity contribution >= 4 is 17.5 Å². The van der Waals surface area contributed by atoms with Gasteiger partial charge in [-0.25, -0.2) is 0 Å². The van der Waals surface area contributed by atoms with Gasteiger partial charge >= 0.3 is 0 Å². The van der Waals surface area contributed by atoms with Gasteiger partial charge in [-0.05, 0) is 32.0 Å². The van der Waals surface area contributed by atoms with Crippen molar-refractivity contribution in [3.63, 3.8) is 0 Å². The van der Waals surface area contributed by atoms with E-state index in [1.54, 1.807) is 0 Å². The Morgan fingerprint density at radius 2 is 1.96 bits per heavy atom. The van der Waals surface area contributed by atoms with Gasteiger partial charge in [0, 0.05) is 45.5 Å². The van der Waals surface area contributed by atoms with Crippen LogP contribution in [0.1, 0.15) is 12.8 Å². The minimum Gasteiger partial charge on any atom is -0.340 e. The molecule has 0 radical (unpaired) electrons. The van der Waals surface area contributed by atoms with Gasteiger partial charge in [-0.1, -0.05) is 6.07 Å². The maximum Gasteiger partial charge on any atom is 0.231 e. The molecule has 1 amide bonds. The van der Waals surface area contributed by atoms with Crippen LogP contribution in [0.3, 0.4) is 0 Å². The number of fused-ring (bicyclic) bond motifs is 1. The summed E-state index contributed by atoms with van der Waals surface area (Å²) in [4.78, 5) is 19.4. The quantitative estimate of drug-likeness (QED) is 0.813. The molecule has 2 fully saturated rings. The van der Waals surface area contributed by atoms with Crippen LogP contribution < -0.4 is 4.90 Å². The molecule has 0 saturated carbocycles. The second-order valence-corrected chi connectivity index (χ2v) is 6.84. The van der Waals surface area contributed by atoms with Crippen LogP contribution in [-0.4, -0.2) is 76.6 Å². The molecule has 0 unspecified atom stereocenters. The second kappa shape index (κ2) is 6.39. The van der Waals surface area contributed by atoms with Crippen LogP contribution in [0.4, 0.5) is 5.95 Å². The van der Waals surface area contributed by atoms with Gasteiger partial charge in [-0.2, -0.15) is 0 Å². The Morgan fingerprint density at radius 1 is 1.12 bits per heavy atom. The number of carbonyl (C=O) groups is 1. The highest BCUT2D eigenvalue weighted by Gasteiger charge is 2.31. The number of piperidine rings is 1. The van der Waals surface area contributed by atoms with E-state index in [-0.39, 0.29) is 5.92 Å². The highest BCUT2D eigenvalue weighted by Crippen LogP contribution is 2.24. The molecular formula is C17H24N6O. The molecule has 0 aliphatic carbocycles. The Labute approximate surface area is 141 Å². The lowest BCUT2D eigenvalue weighted by molar-refractivity contribution is -0.137. The number of likely N-dealkylation sites (N-methyl/N-ethyl adjacent to an activating group) is 1. The predicted molar refractivity (Wildman–Crippen MR) is 92.0 cm³/mol. The fraction of sp³-hybridized carbons (Fsp3) is 0.588. The smallest absolute Gasteiger partial charge is 0.231 e. The number of anilines is 1. The van der Waals surface area contributed by atoms with Gasteiger partial charge in [0.1, 0.15) is 0 Å². The number of carbonyl (C=O) groups excluding carboxylic acids is 1. The zero-order valence-corrected chi connectivity index (χ0v) is 14.1. The minimum absolute atomic E-state index is 0.0678. The van der Waals surface area contributed by atoms with Crippen molar-refractivity contribution in [3.8, 4) is 0 Å². The van der Waals surface area contributed by atoms with Crippen molar-refractivity contribution in [1.82, 2.24) is 24.4 Å². The summed E-state index contributed by atoms with van der Waals surface area (Å²) in [5, 5.41) is 8.57. The maximum atomic E-state index is 12.9. The molecule has 0 spiro atoms. The summed E-state index contributed by atoms with van der Waals surface area (Å²) in [5.41, 5.74) is 0.847. The van der Waals surface area contributed by atoms with E-state index in [1.165, 1.54) is 0 Å². The summed E-state index contributed by atoms with van der Waals surface area (Å²) in [5.74, 6) is 1.22. The number of hydrogen-bond acceptors (Lipinski definition) is 5. The summed E-state index contributed by atoms with van der Waals surface area (Å²) in [6.07, 6.45) is 3.97. The summed E-state index contributed by atoms with van der Waals surface area (Å²) in [7, 11) is 2.11. The Balaban J connectivity index is 1.48. The second-order valence-electron chi connectivity index (χ2n) is 6.84. The number of rotatable bonds is 2. The predicted octanol–water partition coefficient (Wildman–Crippen LogP) is 0.720. The Kier molecular flexibility index (Phi) is 4.10. The highest BCUT2D eigenvalue weighted by atomic mass is 16.2. The van der Waals surface area contributed by atoms with E-state index in [0.717, 1.165) is 63.7 Å². The lowest BCUT2D eigenvalue weighted by Gasteiger charge is -2.38. The van der Waals surface area contributed by atoms with Gasteiger partial charge in [0.05, 0.1) is 5.92 Å². The summed E-state index contributed by atoms with van der Waals surface area (Å²) in [6, 6.07) is 5.90. The molecule has 0 bridgehead atoms. The van der Waals surface area contributed by atoms with Crippen LogP contribution in [0, 0.1) is 5.92 Å². The lowest BCUT2D eigenvalue weighted by Crippen LogP contribution is -2.51. The SMILES string of the molecule is CN1CCN(C(=O)[C@@H]2CCCN(c3nnc4ccccn34)C2)CC1. The number of hydrogen-bond donors (Lipinski definition) is 0. The van der Waals surface area contributed by atoms with Crippen LogP contribution in [0.25, 0.3) is 5.65 Å². The van der Waals surface area contributed by atoms with Crippen LogP contribution in [-0.2, 0) is 4.79 Å². The number of nitrogens with zero attached hydrogens (tertiary/aromatic N) is 6. The number of aromatic nitrogens is 3. The molecule has 4 heterocycles. The van der Waals surface area contributed by atoms with Crippen LogP contribution >= 0.6 is 0 Å². The van der Waals surface area contributed by atoms with Crippen LogP contribution in [0.15, 0.2) is 24.4 Å². The lowest BCUT2D eigenvalue weighted by atomic mass is 9.96. The summed E-state index contributed by atoms with van der Waals surface area (Å²) < 4.78 is 2.00. The zero-order chi connectivity index (χ0) is 16.5. The minimum atomic E-state index is 0.0678. The van der Waals surface area contributed by atoms with E-state index in [9.17, 15) is 4.79 Å². The van der Waals surface area contributed by atoms with E-state index in [2.05, 4.69) is 27.0 Å². The van der Waals surface area contributed by atoms with Crippen molar-refractivity contribution in [2.75, 3.05) is 51.2 Å². The topological polar surface area (TPSA) is 57.0 Å². The molecule has 2 saturated heterocycles. The van der Waals surface area contributed by atoms with Crippen molar-refractivity contribution in [2.45, 2.75) is 12.8 Å². The van der Waals surface area contributed by atoms with Crippen molar-refractivity contribution in [3.05, 3.63) is 24.4 Å². The summed E-state index contributed by atoms with van der Waals surface area (Å²) in [6.45, 7) is 5.30. The van der Waals surface area contributed by atoms with E-state index >= 15 is 0 Å². The molecule has 2 aromatic rings. The van der Waals surface area contributed by atoms with E-state index < -0.39 is 0 Å². The molecule has 2 aromatic heterocycles. The Hall–Kier alpha value is -2.15. The van der Waals surface area contributed by atoms with E-state index in [1.807, 2.05) is 33.7 Å². The first kappa shape index (κ1) is 15.4. The third-order valence-electron chi connectivity index (χ3n) is 5.16. The van der Waals surface area contributed by atoms with Crippen molar-refractivity contribution in [2.24, 2.45) is 5.92 Å². The molecule has 2 aliphatic heterocycles. The van der Waals surface area contributed by atoms with Gasteiger partial charge in [0.15, 0.2) is 5.65 Å². The first-order valence-electron chi connectivity index (χ1n) is 8.74. The molecule has 128 valence electrons. The average Bonchev–Trinajstić information content (AvgIpc) is 3.06. The molecule has 24 heavy (non-hydrogen) atoms. The first-order valence-corrected chi connectivity index (χ1v) is 8.74. The normalized spacial score (nSPS) is 23.0. The third-order valence-corrected chi connectivity index (χ3v) is 5.16.